The van der Waals surface area contributed by atoms with Crippen molar-refractivity contribution in [2.75, 3.05) is 13.2 Å². The third-order valence-electron chi connectivity index (χ3n) is 5.33. The smallest absolute Gasteiger partial charge is 0.344 e. The van der Waals surface area contributed by atoms with E-state index >= 15 is 0 Å². The second-order valence-electron chi connectivity index (χ2n) is 8.15. The van der Waals surface area contributed by atoms with Crippen LogP contribution in [0.5, 0.6) is 0 Å². The summed E-state index contributed by atoms with van der Waals surface area (Å²) >= 11 is 0. The van der Waals surface area contributed by atoms with Gasteiger partial charge in [-0.15, -0.1) is 0 Å². The van der Waals surface area contributed by atoms with E-state index in [1.807, 2.05) is 6.92 Å². The van der Waals surface area contributed by atoms with Gasteiger partial charge in [-0.1, -0.05) is 44.9 Å². The van der Waals surface area contributed by atoms with Crippen LogP contribution in [0.25, 0.3) is 0 Å². The third-order valence-corrected chi connectivity index (χ3v) is 6.75. The number of esters is 2. The second-order valence-corrected chi connectivity index (χ2v) is 9.92. The first kappa shape index (κ1) is 23.3. The van der Waals surface area contributed by atoms with E-state index < -0.39 is 35.1 Å². The van der Waals surface area contributed by atoms with Crippen molar-refractivity contribution in [2.45, 2.75) is 58.0 Å². The first-order valence-electron chi connectivity index (χ1n) is 10.00. The average molecular weight is 426 g/mol. The van der Waals surface area contributed by atoms with Crippen molar-refractivity contribution < 1.29 is 27.5 Å². The molecule has 0 aliphatic heterocycles. The highest BCUT2D eigenvalue weighted by Crippen LogP contribution is 2.35. The van der Waals surface area contributed by atoms with Crippen molar-refractivity contribution >= 4 is 22.0 Å². The Morgan fingerprint density at radius 3 is 2.41 bits per heavy atom. The number of sulfonamides is 1. The van der Waals surface area contributed by atoms with Crippen LogP contribution in [-0.2, 0) is 29.1 Å². The molecule has 162 valence electrons. The molecule has 0 radical (unpaired) electrons. The van der Waals surface area contributed by atoms with Crippen LogP contribution in [0.3, 0.4) is 0 Å². The summed E-state index contributed by atoms with van der Waals surface area (Å²) in [6.07, 6.45) is 2.76. The molecular formula is C21H31NO6S. The Bertz CT molecular complexity index is 803. The van der Waals surface area contributed by atoms with Gasteiger partial charge in [0.05, 0.1) is 4.90 Å². The maximum atomic E-state index is 12.2. The molecule has 1 saturated carbocycles. The Morgan fingerprint density at radius 1 is 1.14 bits per heavy atom. The van der Waals surface area contributed by atoms with Gasteiger partial charge in [-0.05, 0) is 49.7 Å². The van der Waals surface area contributed by atoms with Crippen LogP contribution in [-0.4, -0.2) is 39.6 Å². The van der Waals surface area contributed by atoms with E-state index in [2.05, 4.69) is 25.5 Å². The zero-order chi connectivity index (χ0) is 21.6. The lowest BCUT2D eigenvalue weighted by Crippen LogP contribution is -2.37. The standard InChI is InChI=1S/C21H31NO6S/c1-14(2)18-10-7-16(4)11-19(18)28-21(24)13-27-20(23)12-22-29(25,26)17-8-5-15(3)6-9-17/h5-6,8-9,14,16,18-19,22H,7,10-13H2,1-4H3/t16-,18-,19-/m1/s1. The van der Waals surface area contributed by atoms with Gasteiger partial charge in [-0.25, -0.2) is 13.2 Å². The van der Waals surface area contributed by atoms with Gasteiger partial charge >= 0.3 is 11.9 Å². The Morgan fingerprint density at radius 2 is 1.79 bits per heavy atom. The summed E-state index contributed by atoms with van der Waals surface area (Å²) in [4.78, 5) is 24.0. The number of ether oxygens (including phenoxy) is 2. The molecule has 2 rings (SSSR count). The molecule has 1 aliphatic carbocycles. The molecule has 0 unspecified atom stereocenters. The van der Waals surface area contributed by atoms with E-state index in [4.69, 9.17) is 9.47 Å². The fourth-order valence-corrected chi connectivity index (χ4v) is 4.57. The lowest BCUT2D eigenvalue weighted by molar-refractivity contribution is -0.166. The largest absolute Gasteiger partial charge is 0.460 e. The molecule has 0 bridgehead atoms. The quantitative estimate of drug-likeness (QED) is 0.643. The summed E-state index contributed by atoms with van der Waals surface area (Å²) in [6.45, 7) is 7.12. The van der Waals surface area contributed by atoms with Crippen molar-refractivity contribution in [2.24, 2.45) is 17.8 Å². The number of nitrogens with one attached hydrogen (secondary N) is 1. The van der Waals surface area contributed by atoms with Gasteiger partial charge in [0.1, 0.15) is 12.6 Å². The maximum absolute atomic E-state index is 12.2. The lowest BCUT2D eigenvalue weighted by Gasteiger charge is -2.36. The second kappa shape index (κ2) is 10.2. The van der Waals surface area contributed by atoms with Crippen LogP contribution in [0.2, 0.25) is 0 Å². The van der Waals surface area contributed by atoms with Gasteiger partial charge in [0.15, 0.2) is 6.61 Å². The predicted molar refractivity (Wildman–Crippen MR) is 109 cm³/mol. The lowest BCUT2D eigenvalue weighted by atomic mass is 9.75. The number of carbonyl (C=O) groups excluding carboxylic acids is 2. The first-order chi connectivity index (χ1) is 13.6. The molecule has 29 heavy (non-hydrogen) atoms. The molecule has 3 atom stereocenters. The summed E-state index contributed by atoms with van der Waals surface area (Å²) in [5, 5.41) is 0. The van der Waals surface area contributed by atoms with Crippen LogP contribution in [0.15, 0.2) is 29.2 Å². The molecule has 8 heteroatoms. The SMILES string of the molecule is Cc1ccc(S(=O)(=O)NCC(=O)OCC(=O)O[C@@H]2C[C@H](C)CC[C@@H]2C(C)C)cc1. The van der Waals surface area contributed by atoms with Gasteiger partial charge in [0.2, 0.25) is 10.0 Å². The molecule has 1 aromatic carbocycles. The zero-order valence-corrected chi connectivity index (χ0v) is 18.3. The minimum absolute atomic E-state index is 0.0569. The molecule has 1 aliphatic rings. The van der Waals surface area contributed by atoms with Crippen LogP contribution < -0.4 is 4.72 Å². The van der Waals surface area contributed by atoms with Crippen LogP contribution >= 0.6 is 0 Å². The summed E-state index contributed by atoms with van der Waals surface area (Å²) in [5.74, 6) is -0.257. The highest BCUT2D eigenvalue weighted by atomic mass is 32.2. The number of carbonyl (C=O) groups is 2. The Labute approximate surface area is 173 Å². The summed E-state index contributed by atoms with van der Waals surface area (Å²) in [5.41, 5.74) is 0.925. The van der Waals surface area contributed by atoms with Gasteiger partial charge < -0.3 is 9.47 Å². The van der Waals surface area contributed by atoms with Crippen LogP contribution in [0, 0.1) is 24.7 Å². The van der Waals surface area contributed by atoms with E-state index in [0.29, 0.717) is 17.8 Å². The van der Waals surface area contributed by atoms with Gasteiger partial charge in [0.25, 0.3) is 0 Å². The minimum Gasteiger partial charge on any atom is -0.460 e. The molecule has 0 aromatic heterocycles. The third kappa shape index (κ3) is 7.12. The van der Waals surface area contributed by atoms with E-state index in [9.17, 15) is 18.0 Å². The molecule has 0 spiro atoms. The summed E-state index contributed by atoms with van der Waals surface area (Å²) < 4.78 is 36.9. The number of hydrogen-bond donors (Lipinski definition) is 1. The average Bonchev–Trinajstić information content (AvgIpc) is 2.65. The van der Waals surface area contributed by atoms with Crippen molar-refractivity contribution in [3.8, 4) is 0 Å². The Kier molecular flexibility index (Phi) is 8.22. The Hall–Kier alpha value is -1.93. The van der Waals surface area contributed by atoms with Crippen molar-refractivity contribution in [3.63, 3.8) is 0 Å². The molecular weight excluding hydrogens is 394 g/mol. The first-order valence-corrected chi connectivity index (χ1v) is 11.5. The monoisotopic (exact) mass is 425 g/mol. The number of benzene rings is 1. The fourth-order valence-electron chi connectivity index (χ4n) is 3.60. The normalized spacial score (nSPS) is 22.3. The minimum atomic E-state index is -3.82. The van der Waals surface area contributed by atoms with Gasteiger partial charge in [-0.2, -0.15) is 4.72 Å². The fraction of sp³-hybridized carbons (Fsp3) is 0.619. The van der Waals surface area contributed by atoms with E-state index in [0.717, 1.165) is 24.8 Å². The topological polar surface area (TPSA) is 98.8 Å². The van der Waals surface area contributed by atoms with Gasteiger partial charge in [-0.3, -0.25) is 4.79 Å². The summed E-state index contributed by atoms with van der Waals surface area (Å²) in [6, 6.07) is 6.24. The zero-order valence-electron chi connectivity index (χ0n) is 17.5. The highest BCUT2D eigenvalue weighted by molar-refractivity contribution is 7.89. The van der Waals surface area contributed by atoms with E-state index in [1.54, 1.807) is 12.1 Å². The van der Waals surface area contributed by atoms with Crippen LogP contribution in [0.1, 0.15) is 45.6 Å². The molecule has 1 aromatic rings. The maximum Gasteiger partial charge on any atom is 0.344 e. The number of rotatable bonds is 8. The predicted octanol–water partition coefficient (Wildman–Crippen LogP) is 2.82. The molecule has 0 heterocycles. The molecule has 0 saturated heterocycles. The number of aryl methyl sites for hydroxylation is 1. The van der Waals surface area contributed by atoms with E-state index in [-0.39, 0.29) is 11.0 Å². The summed E-state index contributed by atoms with van der Waals surface area (Å²) in [7, 11) is -3.82. The molecule has 1 N–H and O–H groups in total. The molecule has 7 nitrogen and oxygen atoms in total. The number of hydrogen-bond acceptors (Lipinski definition) is 6. The molecule has 1 fully saturated rings. The van der Waals surface area contributed by atoms with Crippen molar-refractivity contribution in [1.82, 2.24) is 4.72 Å². The van der Waals surface area contributed by atoms with E-state index in [1.165, 1.54) is 12.1 Å². The van der Waals surface area contributed by atoms with Crippen LogP contribution in [0.4, 0.5) is 0 Å². The highest BCUT2D eigenvalue weighted by Gasteiger charge is 2.33. The molecule has 0 amide bonds. The Balaban J connectivity index is 1.79. The van der Waals surface area contributed by atoms with Crippen molar-refractivity contribution in [1.29, 1.82) is 0 Å². The van der Waals surface area contributed by atoms with Gasteiger partial charge in [0, 0.05) is 0 Å². The van der Waals surface area contributed by atoms with Crippen molar-refractivity contribution in [3.05, 3.63) is 29.8 Å².